The van der Waals surface area contributed by atoms with Gasteiger partial charge >= 0.3 is 12.0 Å². The fourth-order valence-electron chi connectivity index (χ4n) is 2.26. The van der Waals surface area contributed by atoms with E-state index in [0.29, 0.717) is 0 Å². The molecule has 1 fully saturated rings. The summed E-state index contributed by atoms with van der Waals surface area (Å²) >= 11 is 0. The summed E-state index contributed by atoms with van der Waals surface area (Å²) in [6.07, 6.45) is 2.48. The van der Waals surface area contributed by atoms with E-state index < -0.39 is 18.0 Å². The number of amides is 2. The summed E-state index contributed by atoms with van der Waals surface area (Å²) < 4.78 is 0. The molecule has 1 saturated carbocycles. The van der Waals surface area contributed by atoms with Gasteiger partial charge in [0.05, 0.1) is 6.04 Å². The third-order valence-corrected chi connectivity index (χ3v) is 3.56. The molecule has 2 amide bonds. The van der Waals surface area contributed by atoms with Crippen LogP contribution >= 0.6 is 0 Å². The van der Waals surface area contributed by atoms with Crippen LogP contribution in [0.5, 0.6) is 0 Å². The van der Waals surface area contributed by atoms with E-state index in [1.54, 1.807) is 0 Å². The number of carboxylic acids is 1. The van der Waals surface area contributed by atoms with Gasteiger partial charge in [-0.2, -0.15) is 0 Å². The fraction of sp³-hybridized carbons (Fsp3) is 0.467. The van der Waals surface area contributed by atoms with Crippen molar-refractivity contribution in [3.05, 3.63) is 35.9 Å². The van der Waals surface area contributed by atoms with Crippen LogP contribution in [0.4, 0.5) is 4.79 Å². The largest absolute Gasteiger partial charge is 0.480 e. The summed E-state index contributed by atoms with van der Waals surface area (Å²) in [5, 5.41) is 14.5. The van der Waals surface area contributed by atoms with Crippen LogP contribution < -0.4 is 10.6 Å². The minimum atomic E-state index is -0.963. The number of carboxylic acid groups (broad SMARTS) is 1. The topological polar surface area (TPSA) is 78.4 Å². The Morgan fingerprint density at radius 3 is 2.40 bits per heavy atom. The zero-order valence-electron chi connectivity index (χ0n) is 11.5. The lowest BCUT2D eigenvalue weighted by Gasteiger charge is -2.20. The normalized spacial score (nSPS) is 17.1. The Hall–Kier alpha value is -2.04. The van der Waals surface area contributed by atoms with Crippen molar-refractivity contribution >= 4 is 12.0 Å². The molecule has 0 aliphatic heterocycles. The monoisotopic (exact) mass is 276 g/mol. The highest BCUT2D eigenvalue weighted by atomic mass is 16.4. The Labute approximate surface area is 118 Å². The molecule has 0 radical (unpaired) electrons. The Bertz CT molecular complexity index is 471. The summed E-state index contributed by atoms with van der Waals surface area (Å²) in [6, 6.07) is 8.36. The molecule has 0 spiro atoms. The molecule has 3 N–H and O–H groups in total. The molecule has 0 aromatic heterocycles. The predicted molar refractivity (Wildman–Crippen MR) is 75.3 cm³/mol. The van der Waals surface area contributed by atoms with Crippen LogP contribution in [0.2, 0.25) is 0 Å². The number of benzene rings is 1. The van der Waals surface area contributed by atoms with Crippen molar-refractivity contribution in [2.45, 2.75) is 38.3 Å². The lowest BCUT2D eigenvalue weighted by atomic mass is 10.1. The number of hydrogen-bond acceptors (Lipinski definition) is 2. The van der Waals surface area contributed by atoms with Crippen LogP contribution in [0.15, 0.2) is 30.3 Å². The SMILES string of the molecule is CCC(NC(=O)NC(C(=O)O)C1CC1)c1ccccc1. The molecule has 5 nitrogen and oxygen atoms in total. The van der Waals surface area contributed by atoms with Gasteiger partial charge in [-0.25, -0.2) is 9.59 Å². The van der Waals surface area contributed by atoms with E-state index in [9.17, 15) is 9.59 Å². The van der Waals surface area contributed by atoms with Crippen LogP contribution in [0.3, 0.4) is 0 Å². The maximum Gasteiger partial charge on any atom is 0.326 e. The highest BCUT2D eigenvalue weighted by molar-refractivity contribution is 5.83. The highest BCUT2D eigenvalue weighted by Crippen LogP contribution is 2.32. The van der Waals surface area contributed by atoms with Gasteiger partial charge in [0.15, 0.2) is 0 Å². The number of carbonyl (C=O) groups is 2. The first-order valence-electron chi connectivity index (χ1n) is 6.96. The van der Waals surface area contributed by atoms with Gasteiger partial charge in [-0.3, -0.25) is 0 Å². The summed E-state index contributed by atoms with van der Waals surface area (Å²) in [6.45, 7) is 1.98. The third-order valence-electron chi connectivity index (χ3n) is 3.56. The van der Waals surface area contributed by atoms with Gasteiger partial charge in [0.1, 0.15) is 6.04 Å². The lowest BCUT2D eigenvalue weighted by Crippen LogP contribution is -2.48. The summed E-state index contributed by atoms with van der Waals surface area (Å²) in [5.74, 6) is -0.884. The standard InChI is InChI=1S/C15H20N2O3/c1-2-12(10-6-4-3-5-7-10)16-15(20)17-13(14(18)19)11-8-9-11/h3-7,11-13H,2,8-9H2,1H3,(H,18,19)(H2,16,17,20). The first-order chi connectivity index (χ1) is 9.61. The van der Waals surface area contributed by atoms with E-state index >= 15 is 0 Å². The molecule has 0 saturated heterocycles. The van der Waals surface area contributed by atoms with Crippen LogP contribution in [0.1, 0.15) is 37.8 Å². The average molecular weight is 276 g/mol. The molecule has 0 bridgehead atoms. The second-order valence-electron chi connectivity index (χ2n) is 5.14. The van der Waals surface area contributed by atoms with Gasteiger partial charge in [-0.05, 0) is 30.7 Å². The number of carbonyl (C=O) groups excluding carboxylic acids is 1. The van der Waals surface area contributed by atoms with Crippen molar-refractivity contribution in [1.29, 1.82) is 0 Å². The first kappa shape index (κ1) is 14.4. The number of nitrogens with one attached hydrogen (secondary N) is 2. The zero-order valence-corrected chi connectivity index (χ0v) is 11.5. The van der Waals surface area contributed by atoms with Crippen molar-refractivity contribution in [1.82, 2.24) is 10.6 Å². The molecule has 5 heteroatoms. The molecular weight excluding hydrogens is 256 g/mol. The smallest absolute Gasteiger partial charge is 0.326 e. The van der Waals surface area contributed by atoms with Crippen LogP contribution in [-0.4, -0.2) is 23.1 Å². The maximum absolute atomic E-state index is 11.9. The minimum Gasteiger partial charge on any atom is -0.480 e. The van der Waals surface area contributed by atoms with Crippen molar-refractivity contribution in [3.63, 3.8) is 0 Å². The van der Waals surface area contributed by atoms with Gasteiger partial charge in [0.25, 0.3) is 0 Å². The van der Waals surface area contributed by atoms with Crippen LogP contribution in [0, 0.1) is 5.92 Å². The summed E-state index contributed by atoms with van der Waals surface area (Å²) in [4.78, 5) is 23.0. The second kappa shape index (κ2) is 6.41. The highest BCUT2D eigenvalue weighted by Gasteiger charge is 2.37. The van der Waals surface area contributed by atoms with E-state index in [1.165, 1.54) is 0 Å². The third kappa shape index (κ3) is 3.73. The maximum atomic E-state index is 11.9. The van der Waals surface area contributed by atoms with Gasteiger partial charge in [0, 0.05) is 0 Å². The Morgan fingerprint density at radius 1 is 1.25 bits per heavy atom. The van der Waals surface area contributed by atoms with E-state index in [1.807, 2.05) is 37.3 Å². The van der Waals surface area contributed by atoms with Crippen LogP contribution in [0.25, 0.3) is 0 Å². The van der Waals surface area contributed by atoms with E-state index in [-0.39, 0.29) is 12.0 Å². The number of aliphatic carboxylic acids is 1. The zero-order chi connectivity index (χ0) is 14.5. The molecule has 1 aliphatic rings. The average Bonchev–Trinajstić information content (AvgIpc) is 3.27. The molecule has 0 heterocycles. The molecule has 2 rings (SSSR count). The molecule has 2 unspecified atom stereocenters. The Kier molecular flexibility index (Phi) is 4.61. The predicted octanol–water partition coefficient (Wildman–Crippen LogP) is 2.30. The van der Waals surface area contributed by atoms with Crippen molar-refractivity contribution in [2.24, 2.45) is 5.92 Å². The minimum absolute atomic E-state index is 0.0788. The van der Waals surface area contributed by atoms with Crippen molar-refractivity contribution in [3.8, 4) is 0 Å². The summed E-state index contributed by atoms with van der Waals surface area (Å²) in [5.41, 5.74) is 1.02. The molecule has 1 aromatic rings. The molecule has 1 aliphatic carbocycles. The van der Waals surface area contributed by atoms with Gasteiger partial charge < -0.3 is 15.7 Å². The Balaban J connectivity index is 1.94. The lowest BCUT2D eigenvalue weighted by molar-refractivity contribution is -0.139. The molecule has 20 heavy (non-hydrogen) atoms. The molecule has 1 aromatic carbocycles. The van der Waals surface area contributed by atoms with E-state index in [0.717, 1.165) is 24.8 Å². The number of urea groups is 1. The quantitative estimate of drug-likeness (QED) is 0.746. The van der Waals surface area contributed by atoms with Crippen LogP contribution in [-0.2, 0) is 4.79 Å². The molecule has 108 valence electrons. The van der Waals surface area contributed by atoms with Gasteiger partial charge in [-0.15, -0.1) is 0 Å². The van der Waals surface area contributed by atoms with Crippen molar-refractivity contribution in [2.75, 3.05) is 0 Å². The number of rotatable bonds is 6. The van der Waals surface area contributed by atoms with E-state index in [2.05, 4.69) is 10.6 Å². The van der Waals surface area contributed by atoms with Gasteiger partial charge in [-0.1, -0.05) is 37.3 Å². The summed E-state index contributed by atoms with van der Waals surface area (Å²) in [7, 11) is 0. The second-order valence-corrected chi connectivity index (χ2v) is 5.14. The first-order valence-corrected chi connectivity index (χ1v) is 6.96. The van der Waals surface area contributed by atoms with Gasteiger partial charge in [0.2, 0.25) is 0 Å². The molecule has 2 atom stereocenters. The number of hydrogen-bond donors (Lipinski definition) is 3. The van der Waals surface area contributed by atoms with E-state index in [4.69, 9.17) is 5.11 Å². The Morgan fingerprint density at radius 2 is 1.90 bits per heavy atom. The fourth-order valence-corrected chi connectivity index (χ4v) is 2.26. The van der Waals surface area contributed by atoms with Crippen molar-refractivity contribution < 1.29 is 14.7 Å². The molecular formula is C15H20N2O3.